The summed E-state index contributed by atoms with van der Waals surface area (Å²) in [6.45, 7) is 0.306. The largest absolute Gasteiger partial charge is 0.307 e. The Labute approximate surface area is 134 Å². The molecule has 2 aromatic carbocycles. The van der Waals surface area contributed by atoms with Gasteiger partial charge in [-0.25, -0.2) is 4.39 Å². The number of hydrogen-bond donors (Lipinski definition) is 1. The van der Waals surface area contributed by atoms with Crippen molar-refractivity contribution >= 4 is 17.4 Å². The van der Waals surface area contributed by atoms with Crippen LogP contribution >= 0.6 is 11.6 Å². The zero-order chi connectivity index (χ0) is 15.5. The van der Waals surface area contributed by atoms with Crippen molar-refractivity contribution in [1.29, 1.82) is 0 Å². The quantitative estimate of drug-likeness (QED) is 0.872. The van der Waals surface area contributed by atoms with Crippen molar-refractivity contribution < 1.29 is 9.18 Å². The minimum absolute atomic E-state index is 0.00195. The maximum atomic E-state index is 14.7. The molecule has 2 nitrogen and oxygen atoms in total. The van der Waals surface area contributed by atoms with Gasteiger partial charge in [0.1, 0.15) is 5.82 Å². The summed E-state index contributed by atoms with van der Waals surface area (Å²) in [6, 6.07) is 12.7. The molecule has 0 spiro atoms. The first-order valence-corrected chi connectivity index (χ1v) is 7.80. The fourth-order valence-electron chi connectivity index (χ4n) is 2.42. The number of ketones is 1. The molecule has 0 bridgehead atoms. The maximum absolute atomic E-state index is 14.7. The maximum Gasteiger partial charge on any atom is 0.151 e. The van der Waals surface area contributed by atoms with Crippen molar-refractivity contribution in [3.63, 3.8) is 0 Å². The van der Waals surface area contributed by atoms with E-state index in [2.05, 4.69) is 5.32 Å². The number of nitrogens with one attached hydrogen (secondary N) is 1. The second kappa shape index (κ2) is 6.59. The van der Waals surface area contributed by atoms with Crippen LogP contribution in [0.3, 0.4) is 0 Å². The zero-order valence-corrected chi connectivity index (χ0v) is 12.9. The van der Waals surface area contributed by atoms with Gasteiger partial charge in [-0.1, -0.05) is 48.0 Å². The molecule has 22 heavy (non-hydrogen) atoms. The highest BCUT2D eigenvalue weighted by Gasteiger charge is 2.21. The van der Waals surface area contributed by atoms with Crippen LogP contribution in [0.4, 0.5) is 4.39 Å². The zero-order valence-electron chi connectivity index (χ0n) is 12.1. The van der Waals surface area contributed by atoms with E-state index < -0.39 is 0 Å². The van der Waals surface area contributed by atoms with E-state index in [0.717, 1.165) is 12.8 Å². The number of carbonyl (C=O) groups is 1. The molecule has 1 N–H and O–H groups in total. The van der Waals surface area contributed by atoms with Gasteiger partial charge in [0, 0.05) is 28.6 Å². The summed E-state index contributed by atoms with van der Waals surface area (Å²) in [5.74, 6) is -0.363. The Kier molecular flexibility index (Phi) is 4.55. The first-order chi connectivity index (χ1) is 10.6. The van der Waals surface area contributed by atoms with E-state index in [9.17, 15) is 9.18 Å². The standard InChI is InChI=1S/C18H17ClFNO/c19-17-7-2-1-5-15(17)16-6-3-4-12(18(16)20)10-14(22)11-21-13-8-9-13/h1-7,13,21H,8-11H2. The van der Waals surface area contributed by atoms with Gasteiger partial charge in [0.25, 0.3) is 0 Å². The molecule has 0 aliphatic heterocycles. The van der Waals surface area contributed by atoms with Gasteiger partial charge in [0.2, 0.25) is 0 Å². The van der Waals surface area contributed by atoms with Crippen LogP contribution in [0.1, 0.15) is 18.4 Å². The van der Waals surface area contributed by atoms with Crippen LogP contribution in [0.25, 0.3) is 11.1 Å². The summed E-state index contributed by atoms with van der Waals surface area (Å²) in [5.41, 5.74) is 1.50. The fourth-order valence-corrected chi connectivity index (χ4v) is 2.66. The van der Waals surface area contributed by atoms with E-state index in [1.807, 2.05) is 6.07 Å². The number of rotatable bonds is 6. The third kappa shape index (κ3) is 3.54. The van der Waals surface area contributed by atoms with Crippen LogP contribution in [-0.4, -0.2) is 18.4 Å². The van der Waals surface area contributed by atoms with Crippen molar-refractivity contribution in [2.24, 2.45) is 0 Å². The van der Waals surface area contributed by atoms with Gasteiger partial charge in [-0.2, -0.15) is 0 Å². The van der Waals surface area contributed by atoms with E-state index in [1.165, 1.54) is 0 Å². The lowest BCUT2D eigenvalue weighted by molar-refractivity contribution is -0.117. The minimum atomic E-state index is -0.365. The van der Waals surface area contributed by atoms with E-state index in [-0.39, 0.29) is 18.0 Å². The predicted octanol–water partition coefficient (Wildman–Crippen LogP) is 4.01. The van der Waals surface area contributed by atoms with Crippen molar-refractivity contribution in [2.45, 2.75) is 25.3 Å². The van der Waals surface area contributed by atoms with Gasteiger partial charge in [-0.05, 0) is 24.5 Å². The number of halogens is 2. The topological polar surface area (TPSA) is 29.1 Å². The minimum Gasteiger partial charge on any atom is -0.307 e. The molecule has 1 fully saturated rings. The second-order valence-corrected chi connectivity index (χ2v) is 6.04. The summed E-state index contributed by atoms with van der Waals surface area (Å²) in [7, 11) is 0. The molecule has 4 heteroatoms. The second-order valence-electron chi connectivity index (χ2n) is 5.63. The smallest absolute Gasteiger partial charge is 0.151 e. The summed E-state index contributed by atoms with van der Waals surface area (Å²) in [5, 5.41) is 3.66. The molecule has 1 aliphatic rings. The Hall–Kier alpha value is -1.71. The van der Waals surface area contributed by atoms with Crippen LogP contribution in [0.2, 0.25) is 5.02 Å². The average molecular weight is 318 g/mol. The third-order valence-electron chi connectivity index (χ3n) is 3.80. The molecule has 3 rings (SSSR count). The van der Waals surface area contributed by atoms with Gasteiger partial charge < -0.3 is 5.32 Å². The van der Waals surface area contributed by atoms with Gasteiger partial charge >= 0.3 is 0 Å². The first-order valence-electron chi connectivity index (χ1n) is 7.42. The van der Waals surface area contributed by atoms with Gasteiger partial charge in [0.05, 0.1) is 6.54 Å². The SMILES string of the molecule is O=C(CNC1CC1)Cc1cccc(-c2ccccc2Cl)c1F. The molecule has 0 atom stereocenters. The van der Waals surface area contributed by atoms with Crippen molar-refractivity contribution in [3.05, 3.63) is 58.9 Å². The highest BCUT2D eigenvalue weighted by molar-refractivity contribution is 6.33. The molecule has 1 saturated carbocycles. The molecule has 0 unspecified atom stereocenters. The first kappa shape index (κ1) is 15.2. The van der Waals surface area contributed by atoms with Crippen LogP contribution in [0, 0.1) is 5.82 Å². The molecule has 1 aliphatic carbocycles. The number of benzene rings is 2. The molecule has 0 saturated heterocycles. The molecule has 0 aromatic heterocycles. The van der Waals surface area contributed by atoms with Crippen molar-refractivity contribution in [1.82, 2.24) is 5.32 Å². The molecule has 2 aromatic rings. The fraction of sp³-hybridized carbons (Fsp3) is 0.278. The summed E-state index contributed by atoms with van der Waals surface area (Å²) < 4.78 is 14.7. The van der Waals surface area contributed by atoms with E-state index in [4.69, 9.17) is 11.6 Å². The normalized spacial score (nSPS) is 14.1. The van der Waals surface area contributed by atoms with Crippen molar-refractivity contribution in [2.75, 3.05) is 6.54 Å². The number of carbonyl (C=O) groups excluding carboxylic acids is 1. The van der Waals surface area contributed by atoms with Crippen molar-refractivity contribution in [3.8, 4) is 11.1 Å². The Morgan fingerprint density at radius 3 is 2.59 bits per heavy atom. The highest BCUT2D eigenvalue weighted by Crippen LogP contribution is 2.31. The highest BCUT2D eigenvalue weighted by atomic mass is 35.5. The van der Waals surface area contributed by atoms with Crippen LogP contribution < -0.4 is 5.32 Å². The summed E-state index contributed by atoms with van der Waals surface area (Å²) in [6.07, 6.45) is 2.36. The van der Waals surface area contributed by atoms with E-state index in [1.54, 1.807) is 36.4 Å². The molecule has 114 valence electrons. The Morgan fingerprint density at radius 2 is 1.86 bits per heavy atom. The van der Waals surface area contributed by atoms with E-state index >= 15 is 0 Å². The monoisotopic (exact) mass is 317 g/mol. The van der Waals surface area contributed by atoms with Gasteiger partial charge in [-0.15, -0.1) is 0 Å². The number of Topliss-reactive ketones (excluding diaryl/α,β-unsaturated/α-hetero) is 1. The van der Waals surface area contributed by atoms with Crippen LogP contribution in [0.15, 0.2) is 42.5 Å². The average Bonchev–Trinajstić information content (AvgIpc) is 3.33. The Morgan fingerprint density at radius 1 is 1.14 bits per heavy atom. The van der Waals surface area contributed by atoms with E-state index in [0.29, 0.717) is 34.3 Å². The van der Waals surface area contributed by atoms with Crippen LogP contribution in [-0.2, 0) is 11.2 Å². The Balaban J connectivity index is 1.79. The summed E-state index contributed by atoms with van der Waals surface area (Å²) in [4.78, 5) is 12.0. The molecular formula is C18H17ClFNO. The van der Waals surface area contributed by atoms with Gasteiger partial charge in [-0.3, -0.25) is 4.79 Å². The lowest BCUT2D eigenvalue weighted by Crippen LogP contribution is -2.26. The predicted molar refractivity (Wildman–Crippen MR) is 86.6 cm³/mol. The Bertz CT molecular complexity index is 697. The molecule has 0 heterocycles. The third-order valence-corrected chi connectivity index (χ3v) is 4.13. The number of hydrogen-bond acceptors (Lipinski definition) is 2. The van der Waals surface area contributed by atoms with Crippen LogP contribution in [0.5, 0.6) is 0 Å². The molecule has 0 radical (unpaired) electrons. The lowest BCUT2D eigenvalue weighted by Gasteiger charge is -2.10. The molecule has 0 amide bonds. The lowest BCUT2D eigenvalue weighted by atomic mass is 9.99. The summed E-state index contributed by atoms with van der Waals surface area (Å²) >= 11 is 6.14. The van der Waals surface area contributed by atoms with Gasteiger partial charge in [0.15, 0.2) is 5.78 Å². The molecular weight excluding hydrogens is 301 g/mol.